The number of nitrogens with zero attached hydrogens (tertiary/aromatic N) is 3. The summed E-state index contributed by atoms with van der Waals surface area (Å²) in [5.41, 5.74) is 1.10. The van der Waals surface area contributed by atoms with E-state index in [1.807, 2.05) is 18.0 Å². The molecule has 1 aliphatic heterocycles. The number of carbonyl (C=O) groups excluding carboxylic acids is 2. The lowest BCUT2D eigenvalue weighted by atomic mass is 10.2. The van der Waals surface area contributed by atoms with Crippen LogP contribution in [-0.2, 0) is 16.1 Å². The minimum Gasteiger partial charge on any atom is -0.356 e. The first kappa shape index (κ1) is 16.5. The molecule has 0 spiro atoms. The average molecular weight is 306 g/mol. The Morgan fingerprint density at radius 2 is 2.09 bits per heavy atom. The number of rotatable bonds is 3. The monoisotopic (exact) mass is 306 g/mol. The minimum atomic E-state index is 0.0439. The van der Waals surface area contributed by atoms with E-state index >= 15 is 0 Å². The van der Waals surface area contributed by atoms with Crippen LogP contribution in [0.4, 0.5) is 0 Å². The van der Waals surface area contributed by atoms with Gasteiger partial charge in [-0.05, 0) is 25.3 Å². The van der Waals surface area contributed by atoms with Crippen LogP contribution < -0.4 is 5.32 Å². The molecule has 1 aliphatic rings. The fourth-order valence-electron chi connectivity index (χ4n) is 2.65. The van der Waals surface area contributed by atoms with Crippen molar-refractivity contribution in [1.82, 2.24) is 20.0 Å². The summed E-state index contributed by atoms with van der Waals surface area (Å²) in [5, 5.41) is 7.11. The van der Waals surface area contributed by atoms with Gasteiger partial charge in [0.2, 0.25) is 11.8 Å². The van der Waals surface area contributed by atoms with Crippen LogP contribution in [-0.4, -0.2) is 46.1 Å². The first-order chi connectivity index (χ1) is 10.6. The van der Waals surface area contributed by atoms with Crippen LogP contribution in [0.3, 0.4) is 0 Å². The van der Waals surface area contributed by atoms with Gasteiger partial charge in [0.25, 0.3) is 0 Å². The fraction of sp³-hybridized carbons (Fsp3) is 0.688. The van der Waals surface area contributed by atoms with E-state index in [2.05, 4.69) is 10.4 Å². The molecule has 1 fully saturated rings. The van der Waals surface area contributed by atoms with Crippen molar-refractivity contribution >= 4 is 11.8 Å². The Kier molecular flexibility index (Phi) is 6.43. The lowest BCUT2D eigenvalue weighted by Gasteiger charge is -2.22. The van der Waals surface area contributed by atoms with E-state index in [-0.39, 0.29) is 11.8 Å². The van der Waals surface area contributed by atoms with Crippen LogP contribution in [0.2, 0.25) is 0 Å². The zero-order valence-electron chi connectivity index (χ0n) is 13.4. The predicted octanol–water partition coefficient (Wildman–Crippen LogP) is 1.49. The van der Waals surface area contributed by atoms with Crippen molar-refractivity contribution in [3.8, 4) is 0 Å². The van der Waals surface area contributed by atoms with Gasteiger partial charge in [-0.2, -0.15) is 5.10 Å². The number of hydrogen-bond acceptors (Lipinski definition) is 3. The lowest BCUT2D eigenvalue weighted by Crippen LogP contribution is -2.36. The number of aryl methyl sites for hydroxylation is 2. The quantitative estimate of drug-likeness (QED) is 0.920. The first-order valence-electron chi connectivity index (χ1n) is 8.18. The zero-order chi connectivity index (χ0) is 15.8. The summed E-state index contributed by atoms with van der Waals surface area (Å²) in [4.78, 5) is 25.9. The van der Waals surface area contributed by atoms with Gasteiger partial charge in [0.1, 0.15) is 0 Å². The molecular weight excluding hydrogens is 280 g/mol. The summed E-state index contributed by atoms with van der Waals surface area (Å²) in [5.74, 6) is 0.155. The Labute approximate surface area is 131 Å². The van der Waals surface area contributed by atoms with Gasteiger partial charge < -0.3 is 10.2 Å². The van der Waals surface area contributed by atoms with Gasteiger partial charge in [-0.1, -0.05) is 12.8 Å². The number of carbonyl (C=O) groups is 2. The van der Waals surface area contributed by atoms with E-state index < -0.39 is 0 Å². The number of nitrogens with one attached hydrogen (secondary N) is 1. The second-order valence-electron chi connectivity index (χ2n) is 5.93. The Balaban J connectivity index is 1.85. The van der Waals surface area contributed by atoms with Gasteiger partial charge in [0.05, 0.1) is 6.20 Å². The molecule has 2 heterocycles. The highest BCUT2D eigenvalue weighted by atomic mass is 16.2. The molecule has 6 heteroatoms. The third kappa shape index (κ3) is 5.50. The van der Waals surface area contributed by atoms with Crippen LogP contribution in [0.5, 0.6) is 0 Å². The third-order valence-electron chi connectivity index (χ3n) is 3.96. The van der Waals surface area contributed by atoms with Crippen molar-refractivity contribution in [1.29, 1.82) is 0 Å². The summed E-state index contributed by atoms with van der Waals surface area (Å²) < 4.78 is 1.80. The van der Waals surface area contributed by atoms with Gasteiger partial charge in [0.15, 0.2) is 0 Å². The minimum absolute atomic E-state index is 0.0439. The largest absolute Gasteiger partial charge is 0.356 e. The normalized spacial score (nSPS) is 17.7. The van der Waals surface area contributed by atoms with Gasteiger partial charge in [-0.15, -0.1) is 0 Å². The highest BCUT2D eigenvalue weighted by Crippen LogP contribution is 2.07. The maximum Gasteiger partial charge on any atom is 0.224 e. The number of hydrogen-bond donors (Lipinski definition) is 1. The highest BCUT2D eigenvalue weighted by molar-refractivity contribution is 5.79. The van der Waals surface area contributed by atoms with Crippen LogP contribution in [0, 0.1) is 6.92 Å². The van der Waals surface area contributed by atoms with E-state index in [1.165, 1.54) is 0 Å². The number of aromatic nitrogens is 2. The van der Waals surface area contributed by atoms with E-state index in [4.69, 9.17) is 0 Å². The molecule has 122 valence electrons. The van der Waals surface area contributed by atoms with E-state index in [0.29, 0.717) is 25.9 Å². The van der Waals surface area contributed by atoms with E-state index in [1.54, 1.807) is 10.9 Å². The average Bonchev–Trinajstić information content (AvgIpc) is 2.89. The molecule has 0 bridgehead atoms. The molecule has 0 aromatic carbocycles. The molecule has 0 unspecified atom stereocenters. The van der Waals surface area contributed by atoms with Crippen LogP contribution >= 0.6 is 0 Å². The SMILES string of the molecule is Cc1cnn(CCC(=O)N2CCCCCCNC(=O)CC2)c1. The molecular formula is C16H26N4O2. The molecule has 0 aliphatic carbocycles. The topological polar surface area (TPSA) is 67.2 Å². The molecule has 0 atom stereocenters. The molecule has 2 amide bonds. The molecule has 6 nitrogen and oxygen atoms in total. The highest BCUT2D eigenvalue weighted by Gasteiger charge is 2.15. The van der Waals surface area contributed by atoms with Crippen LogP contribution in [0.25, 0.3) is 0 Å². The standard InChI is InChI=1S/C16H26N4O2/c1-14-12-18-20(13-14)11-7-16(22)19-9-5-3-2-4-8-17-15(21)6-10-19/h12-13H,2-11H2,1H3,(H,17,21). The summed E-state index contributed by atoms with van der Waals surface area (Å²) in [7, 11) is 0. The summed E-state index contributed by atoms with van der Waals surface area (Å²) in [6, 6.07) is 0. The summed E-state index contributed by atoms with van der Waals surface area (Å²) in [6.07, 6.45) is 8.82. The van der Waals surface area contributed by atoms with Crippen molar-refractivity contribution in [2.24, 2.45) is 0 Å². The molecule has 0 radical (unpaired) electrons. The molecule has 2 rings (SSSR count). The van der Waals surface area contributed by atoms with Crippen molar-refractivity contribution < 1.29 is 9.59 Å². The molecule has 22 heavy (non-hydrogen) atoms. The number of amides is 2. The first-order valence-corrected chi connectivity index (χ1v) is 8.18. The van der Waals surface area contributed by atoms with Crippen molar-refractivity contribution in [2.75, 3.05) is 19.6 Å². The van der Waals surface area contributed by atoms with Gasteiger partial charge in [-0.3, -0.25) is 14.3 Å². The molecule has 1 N–H and O–H groups in total. The molecule has 1 aromatic heterocycles. The fourth-order valence-corrected chi connectivity index (χ4v) is 2.65. The maximum absolute atomic E-state index is 12.4. The predicted molar refractivity (Wildman–Crippen MR) is 84.3 cm³/mol. The molecule has 1 aromatic rings. The van der Waals surface area contributed by atoms with Crippen molar-refractivity contribution in [3.05, 3.63) is 18.0 Å². The van der Waals surface area contributed by atoms with Crippen LogP contribution in [0.15, 0.2) is 12.4 Å². The van der Waals surface area contributed by atoms with Crippen molar-refractivity contribution in [3.63, 3.8) is 0 Å². The van der Waals surface area contributed by atoms with Gasteiger partial charge in [0, 0.05) is 45.2 Å². The second-order valence-corrected chi connectivity index (χ2v) is 5.93. The lowest BCUT2D eigenvalue weighted by molar-refractivity contribution is -0.132. The summed E-state index contributed by atoms with van der Waals surface area (Å²) in [6.45, 7) is 4.60. The smallest absolute Gasteiger partial charge is 0.224 e. The van der Waals surface area contributed by atoms with Gasteiger partial charge in [-0.25, -0.2) is 0 Å². The summed E-state index contributed by atoms with van der Waals surface area (Å²) >= 11 is 0. The van der Waals surface area contributed by atoms with Crippen molar-refractivity contribution in [2.45, 2.75) is 52.0 Å². The van der Waals surface area contributed by atoms with Crippen LogP contribution in [0.1, 0.15) is 44.1 Å². The Morgan fingerprint density at radius 1 is 1.27 bits per heavy atom. The maximum atomic E-state index is 12.4. The molecule has 0 saturated carbocycles. The van der Waals surface area contributed by atoms with E-state index in [0.717, 1.165) is 44.3 Å². The zero-order valence-corrected chi connectivity index (χ0v) is 13.4. The second kappa shape index (κ2) is 8.56. The third-order valence-corrected chi connectivity index (χ3v) is 3.96. The Hall–Kier alpha value is -1.85. The van der Waals surface area contributed by atoms with E-state index in [9.17, 15) is 9.59 Å². The molecule has 1 saturated heterocycles. The van der Waals surface area contributed by atoms with Gasteiger partial charge >= 0.3 is 0 Å². The Morgan fingerprint density at radius 3 is 2.86 bits per heavy atom. The Bertz CT molecular complexity index is 498.